The Morgan fingerprint density at radius 2 is 1.70 bits per heavy atom. The summed E-state index contributed by atoms with van der Waals surface area (Å²) in [4.78, 5) is 15.5. The van der Waals surface area contributed by atoms with Crippen molar-refractivity contribution in [1.82, 2.24) is 4.90 Å². The second-order valence-corrected chi connectivity index (χ2v) is 9.03. The van der Waals surface area contributed by atoms with Gasteiger partial charge in [0.2, 0.25) is 0 Å². The Balaban J connectivity index is 2.10. The molecule has 0 amide bonds. The molecule has 0 aliphatic carbocycles. The predicted octanol–water partition coefficient (Wildman–Crippen LogP) is 4.45. The summed E-state index contributed by atoms with van der Waals surface area (Å²) in [6.45, 7) is 9.99. The van der Waals surface area contributed by atoms with Crippen LogP contribution in [0.25, 0.3) is 0 Å². The van der Waals surface area contributed by atoms with Crippen LogP contribution in [0.1, 0.15) is 66.5 Å². The van der Waals surface area contributed by atoms with Gasteiger partial charge in [-0.05, 0) is 93.4 Å². The molecule has 2 aromatic carbocycles. The summed E-state index contributed by atoms with van der Waals surface area (Å²) in [5.74, 6) is -0.217. The van der Waals surface area contributed by atoms with Crippen molar-refractivity contribution in [2.45, 2.75) is 72.0 Å². The van der Waals surface area contributed by atoms with E-state index in [2.05, 4.69) is 44.0 Å². The maximum absolute atomic E-state index is 13.1. The number of hydrogen-bond donors (Lipinski definition) is 2. The van der Waals surface area contributed by atoms with E-state index in [4.69, 9.17) is 4.74 Å². The fraction of sp³-hybridized carbons (Fsp3) is 0.536. The lowest BCUT2D eigenvalue weighted by Gasteiger charge is -2.32. The van der Waals surface area contributed by atoms with Crippen molar-refractivity contribution in [3.8, 4) is 0 Å². The van der Waals surface area contributed by atoms with Crippen LogP contribution in [0.15, 0.2) is 36.4 Å². The molecule has 2 rings (SSSR count). The van der Waals surface area contributed by atoms with E-state index in [9.17, 15) is 15.0 Å². The molecule has 2 N–H and O–H groups in total. The molecule has 0 aliphatic heterocycles. The van der Waals surface area contributed by atoms with Crippen LogP contribution in [0.3, 0.4) is 0 Å². The van der Waals surface area contributed by atoms with Gasteiger partial charge in [-0.25, -0.2) is 0 Å². The number of hydrogen-bond acceptors (Lipinski definition) is 5. The Labute approximate surface area is 199 Å². The van der Waals surface area contributed by atoms with Crippen LogP contribution in [0.4, 0.5) is 0 Å². The van der Waals surface area contributed by atoms with Crippen LogP contribution in [-0.4, -0.2) is 47.8 Å². The molecule has 2 aromatic rings. The van der Waals surface area contributed by atoms with Gasteiger partial charge in [0.15, 0.2) is 0 Å². The normalized spacial score (nSPS) is 13.2. The number of likely N-dealkylation sites (N-methyl/N-ethyl adjacent to an activating group) is 1. The fourth-order valence-corrected chi connectivity index (χ4v) is 4.43. The topological polar surface area (TPSA) is 70.0 Å². The number of aliphatic hydroxyl groups excluding tert-OH is 2. The first-order valence-corrected chi connectivity index (χ1v) is 12.1. The van der Waals surface area contributed by atoms with E-state index in [0.29, 0.717) is 30.6 Å². The van der Waals surface area contributed by atoms with E-state index in [0.717, 1.165) is 31.5 Å². The SMILES string of the molecule is CCOC(=O)C(CC)(CCCN(C)CCc1ccc(C)c(C)c1)c1ccc(CO)c(CO)c1. The molecule has 0 spiro atoms. The minimum absolute atomic E-state index is 0.139. The third-order valence-corrected chi connectivity index (χ3v) is 6.87. The number of benzene rings is 2. The van der Waals surface area contributed by atoms with Gasteiger partial charge in [-0.1, -0.05) is 43.3 Å². The van der Waals surface area contributed by atoms with Crippen molar-refractivity contribution in [2.75, 3.05) is 26.7 Å². The van der Waals surface area contributed by atoms with Crippen LogP contribution in [0, 0.1) is 13.8 Å². The van der Waals surface area contributed by atoms with Gasteiger partial charge >= 0.3 is 5.97 Å². The first-order valence-electron chi connectivity index (χ1n) is 12.1. The van der Waals surface area contributed by atoms with E-state index < -0.39 is 5.41 Å². The number of rotatable bonds is 13. The van der Waals surface area contributed by atoms with Crippen molar-refractivity contribution in [3.05, 3.63) is 69.8 Å². The van der Waals surface area contributed by atoms with E-state index in [1.54, 1.807) is 6.07 Å². The zero-order valence-electron chi connectivity index (χ0n) is 21.0. The summed E-state index contributed by atoms with van der Waals surface area (Å²) in [5, 5.41) is 19.3. The Kier molecular flexibility index (Phi) is 10.6. The molecule has 0 saturated heterocycles. The van der Waals surface area contributed by atoms with E-state index in [1.807, 2.05) is 26.0 Å². The van der Waals surface area contributed by atoms with E-state index in [-0.39, 0.29) is 19.2 Å². The summed E-state index contributed by atoms with van der Waals surface area (Å²) in [5.41, 5.74) is 5.42. The first kappa shape index (κ1) is 27.0. The highest BCUT2D eigenvalue weighted by Crippen LogP contribution is 2.36. The molecule has 5 nitrogen and oxygen atoms in total. The number of esters is 1. The van der Waals surface area contributed by atoms with E-state index >= 15 is 0 Å². The number of carbonyl (C=O) groups is 1. The first-order chi connectivity index (χ1) is 15.8. The molecule has 1 unspecified atom stereocenters. The predicted molar refractivity (Wildman–Crippen MR) is 133 cm³/mol. The number of ether oxygens (including phenoxy) is 1. The quantitative estimate of drug-likeness (QED) is 0.437. The second-order valence-electron chi connectivity index (χ2n) is 9.03. The third-order valence-electron chi connectivity index (χ3n) is 6.87. The highest BCUT2D eigenvalue weighted by Gasteiger charge is 2.40. The standard InChI is InChI=1S/C28H41NO4/c1-6-28(27(32)33-7-2,26-12-11-24(19-30)25(18-26)20-31)14-8-15-29(5)16-13-23-10-9-21(3)22(4)17-23/h9-12,17-18,30-31H,6-8,13-16,19-20H2,1-5H3. The lowest BCUT2D eigenvalue weighted by Crippen LogP contribution is -2.38. The van der Waals surface area contributed by atoms with Crippen LogP contribution in [0.2, 0.25) is 0 Å². The number of carbonyl (C=O) groups excluding carboxylic acids is 1. The molecule has 0 aromatic heterocycles. The molecule has 33 heavy (non-hydrogen) atoms. The van der Waals surface area contributed by atoms with Gasteiger partial charge in [-0.2, -0.15) is 0 Å². The summed E-state index contributed by atoms with van der Waals surface area (Å²) >= 11 is 0. The molecule has 0 aliphatic rings. The monoisotopic (exact) mass is 455 g/mol. The number of aryl methyl sites for hydroxylation is 2. The van der Waals surface area contributed by atoms with Crippen molar-refractivity contribution in [2.24, 2.45) is 0 Å². The summed E-state index contributed by atoms with van der Waals surface area (Å²) in [7, 11) is 2.12. The van der Waals surface area contributed by atoms with Gasteiger partial charge in [-0.15, -0.1) is 0 Å². The van der Waals surface area contributed by atoms with Crippen molar-refractivity contribution in [1.29, 1.82) is 0 Å². The average Bonchev–Trinajstić information content (AvgIpc) is 2.82. The fourth-order valence-electron chi connectivity index (χ4n) is 4.43. The molecule has 0 heterocycles. The smallest absolute Gasteiger partial charge is 0.316 e. The molecule has 182 valence electrons. The maximum atomic E-state index is 13.1. The third kappa shape index (κ3) is 6.89. The largest absolute Gasteiger partial charge is 0.465 e. The van der Waals surface area contributed by atoms with Crippen LogP contribution in [0.5, 0.6) is 0 Å². The van der Waals surface area contributed by atoms with Gasteiger partial charge in [0.25, 0.3) is 0 Å². The summed E-state index contributed by atoms with van der Waals surface area (Å²) < 4.78 is 5.50. The van der Waals surface area contributed by atoms with Crippen LogP contribution < -0.4 is 0 Å². The van der Waals surface area contributed by atoms with Gasteiger partial charge in [-0.3, -0.25) is 4.79 Å². The minimum Gasteiger partial charge on any atom is -0.465 e. The minimum atomic E-state index is -0.761. The molecule has 0 bridgehead atoms. The Bertz CT molecular complexity index is 911. The van der Waals surface area contributed by atoms with Crippen LogP contribution in [-0.2, 0) is 34.6 Å². The lowest BCUT2D eigenvalue weighted by atomic mass is 9.73. The van der Waals surface area contributed by atoms with E-state index in [1.165, 1.54) is 16.7 Å². The molecule has 0 fully saturated rings. The molecule has 1 atom stereocenters. The number of aliphatic hydroxyl groups is 2. The zero-order valence-corrected chi connectivity index (χ0v) is 21.0. The highest BCUT2D eigenvalue weighted by molar-refractivity contribution is 5.83. The Hall–Kier alpha value is -2.21. The average molecular weight is 456 g/mol. The molecular weight excluding hydrogens is 414 g/mol. The van der Waals surface area contributed by atoms with Gasteiger partial charge in [0.05, 0.1) is 25.2 Å². The maximum Gasteiger partial charge on any atom is 0.316 e. The van der Waals surface area contributed by atoms with Crippen LogP contribution >= 0.6 is 0 Å². The lowest BCUT2D eigenvalue weighted by molar-refractivity contribution is -0.150. The molecule has 5 heteroatoms. The second kappa shape index (κ2) is 12.9. The Morgan fingerprint density at radius 3 is 2.30 bits per heavy atom. The molecule has 0 saturated carbocycles. The van der Waals surface area contributed by atoms with Crippen molar-refractivity contribution >= 4 is 5.97 Å². The molecule has 0 radical (unpaired) electrons. The van der Waals surface area contributed by atoms with Gasteiger partial charge in [0, 0.05) is 6.54 Å². The zero-order chi connectivity index (χ0) is 24.4. The molecular formula is C28H41NO4. The Morgan fingerprint density at radius 1 is 0.970 bits per heavy atom. The summed E-state index contributed by atoms with van der Waals surface area (Å²) in [6, 6.07) is 12.2. The van der Waals surface area contributed by atoms with Crippen molar-refractivity contribution in [3.63, 3.8) is 0 Å². The van der Waals surface area contributed by atoms with Crippen molar-refractivity contribution < 1.29 is 19.7 Å². The van der Waals surface area contributed by atoms with Gasteiger partial charge < -0.3 is 19.8 Å². The number of nitrogens with zero attached hydrogens (tertiary/aromatic N) is 1. The summed E-state index contributed by atoms with van der Waals surface area (Å²) in [6.07, 6.45) is 3.13. The highest BCUT2D eigenvalue weighted by atomic mass is 16.5. The van der Waals surface area contributed by atoms with Gasteiger partial charge in [0.1, 0.15) is 0 Å².